The van der Waals surface area contributed by atoms with Gasteiger partial charge >= 0.3 is 0 Å². The number of ether oxygens (including phenoxy) is 2. The van der Waals surface area contributed by atoms with Crippen LogP contribution >= 0.6 is 0 Å². The number of unbranched alkanes of at least 4 members (excludes halogenated alkanes) is 4. The molecule has 0 saturated heterocycles. The molecule has 3 rings (SSSR count). The van der Waals surface area contributed by atoms with Gasteiger partial charge in [-0.25, -0.2) is 0 Å². The number of amides is 1. The Hall–Kier alpha value is -3.47. The number of nitrogens with one attached hydrogen (secondary N) is 2. The van der Waals surface area contributed by atoms with Crippen LogP contribution in [0.2, 0.25) is 0 Å². The van der Waals surface area contributed by atoms with Crippen molar-refractivity contribution in [3.8, 4) is 17.2 Å². The molecule has 0 radical (unpaired) electrons. The first kappa shape index (κ1) is 23.2. The van der Waals surface area contributed by atoms with Gasteiger partial charge in [0.25, 0.3) is 0 Å². The summed E-state index contributed by atoms with van der Waals surface area (Å²) in [4.78, 5) is 12.2. The summed E-state index contributed by atoms with van der Waals surface area (Å²) in [5, 5.41) is 6.02. The molecule has 0 aliphatic carbocycles. The van der Waals surface area contributed by atoms with Gasteiger partial charge in [-0.3, -0.25) is 4.79 Å². The van der Waals surface area contributed by atoms with Gasteiger partial charge in [0, 0.05) is 11.4 Å². The van der Waals surface area contributed by atoms with E-state index in [0.717, 1.165) is 41.7 Å². The molecule has 0 heterocycles. The highest BCUT2D eigenvalue weighted by atomic mass is 16.5. The highest BCUT2D eigenvalue weighted by Gasteiger charge is 2.04. The van der Waals surface area contributed by atoms with Crippen LogP contribution in [0.5, 0.6) is 17.2 Å². The van der Waals surface area contributed by atoms with Crippen molar-refractivity contribution in [3.05, 3.63) is 78.9 Å². The van der Waals surface area contributed by atoms with Crippen LogP contribution < -0.4 is 20.1 Å². The molecule has 3 aromatic carbocycles. The van der Waals surface area contributed by atoms with Gasteiger partial charge in [0.15, 0.2) is 0 Å². The third-order valence-corrected chi connectivity index (χ3v) is 4.94. The number of carbonyl (C=O) groups is 1. The number of benzene rings is 3. The maximum absolute atomic E-state index is 12.2. The molecule has 0 spiro atoms. The Bertz CT molecular complexity index is 925. The lowest BCUT2D eigenvalue weighted by Crippen LogP contribution is -2.21. The van der Waals surface area contributed by atoms with Gasteiger partial charge in [-0.05, 0) is 67.1 Å². The maximum atomic E-state index is 12.2. The lowest BCUT2D eigenvalue weighted by molar-refractivity contribution is -0.114. The molecule has 0 bridgehead atoms. The summed E-state index contributed by atoms with van der Waals surface area (Å²) in [7, 11) is 0. The fraction of sp³-hybridized carbons (Fsp3) is 0.296. The monoisotopic (exact) mass is 432 g/mol. The Morgan fingerprint density at radius 3 is 2.06 bits per heavy atom. The van der Waals surface area contributed by atoms with E-state index in [4.69, 9.17) is 9.47 Å². The number of hydrogen-bond donors (Lipinski definition) is 2. The topological polar surface area (TPSA) is 59.6 Å². The second-order valence-corrected chi connectivity index (χ2v) is 7.63. The summed E-state index contributed by atoms with van der Waals surface area (Å²) < 4.78 is 11.5. The standard InChI is InChI=1S/C27H32N2O3/c1-2-3-4-5-9-20-31-24-16-12-22(13-17-24)28-21-27(30)29-23-14-18-26(19-15-23)32-25-10-7-6-8-11-25/h6-8,10-19,28H,2-5,9,20-21H2,1H3,(H,29,30). The van der Waals surface area contributed by atoms with E-state index < -0.39 is 0 Å². The van der Waals surface area contributed by atoms with Crippen LogP contribution in [0.3, 0.4) is 0 Å². The van der Waals surface area contributed by atoms with Gasteiger partial charge in [-0.2, -0.15) is 0 Å². The van der Waals surface area contributed by atoms with E-state index in [1.165, 1.54) is 25.7 Å². The second kappa shape index (κ2) is 13.1. The summed E-state index contributed by atoms with van der Waals surface area (Å²) in [6, 6.07) is 24.6. The molecule has 0 fully saturated rings. The normalized spacial score (nSPS) is 10.4. The van der Waals surface area contributed by atoms with E-state index in [-0.39, 0.29) is 12.5 Å². The third kappa shape index (κ3) is 8.34. The molecule has 0 unspecified atom stereocenters. The van der Waals surface area contributed by atoms with Gasteiger partial charge in [-0.15, -0.1) is 0 Å². The van der Waals surface area contributed by atoms with E-state index in [9.17, 15) is 4.79 Å². The van der Waals surface area contributed by atoms with Crippen molar-refractivity contribution in [2.45, 2.75) is 39.0 Å². The van der Waals surface area contributed by atoms with E-state index >= 15 is 0 Å². The van der Waals surface area contributed by atoms with E-state index in [0.29, 0.717) is 0 Å². The van der Waals surface area contributed by atoms with Gasteiger partial charge in [0.1, 0.15) is 17.2 Å². The summed E-state index contributed by atoms with van der Waals surface area (Å²) in [5.41, 5.74) is 1.60. The van der Waals surface area contributed by atoms with Crippen molar-refractivity contribution >= 4 is 17.3 Å². The predicted molar refractivity (Wildman–Crippen MR) is 131 cm³/mol. The van der Waals surface area contributed by atoms with Gasteiger partial charge < -0.3 is 20.1 Å². The van der Waals surface area contributed by atoms with E-state index in [1.54, 1.807) is 0 Å². The van der Waals surface area contributed by atoms with Crippen LogP contribution in [-0.4, -0.2) is 19.1 Å². The summed E-state index contributed by atoms with van der Waals surface area (Å²) in [6.07, 6.45) is 6.12. The molecule has 1 amide bonds. The molecule has 32 heavy (non-hydrogen) atoms. The highest BCUT2D eigenvalue weighted by Crippen LogP contribution is 2.22. The van der Waals surface area contributed by atoms with Gasteiger partial charge in [0.2, 0.25) is 5.91 Å². The van der Waals surface area contributed by atoms with Crippen molar-refractivity contribution < 1.29 is 14.3 Å². The van der Waals surface area contributed by atoms with Gasteiger partial charge in [-0.1, -0.05) is 50.8 Å². The molecule has 168 valence electrons. The average molecular weight is 433 g/mol. The van der Waals surface area contributed by atoms with E-state index in [2.05, 4.69) is 17.6 Å². The smallest absolute Gasteiger partial charge is 0.243 e. The fourth-order valence-corrected chi connectivity index (χ4v) is 3.18. The van der Waals surface area contributed by atoms with Crippen molar-refractivity contribution in [2.24, 2.45) is 0 Å². The molecule has 0 atom stereocenters. The minimum Gasteiger partial charge on any atom is -0.494 e. The summed E-state index contributed by atoms with van der Waals surface area (Å²) in [5.74, 6) is 2.23. The average Bonchev–Trinajstić information content (AvgIpc) is 2.83. The Morgan fingerprint density at radius 1 is 0.719 bits per heavy atom. The van der Waals surface area contributed by atoms with Crippen LogP contribution in [-0.2, 0) is 4.79 Å². The largest absolute Gasteiger partial charge is 0.494 e. The SMILES string of the molecule is CCCCCCCOc1ccc(NCC(=O)Nc2ccc(Oc3ccccc3)cc2)cc1. The predicted octanol–water partition coefficient (Wildman–Crippen LogP) is 6.88. The minimum absolute atomic E-state index is 0.117. The van der Waals surface area contributed by atoms with Crippen LogP contribution in [0.15, 0.2) is 78.9 Å². The molecule has 2 N–H and O–H groups in total. The molecule has 0 aromatic heterocycles. The fourth-order valence-electron chi connectivity index (χ4n) is 3.18. The molecule has 0 saturated carbocycles. The number of anilines is 2. The van der Waals surface area contributed by atoms with Crippen molar-refractivity contribution in [1.29, 1.82) is 0 Å². The molecular formula is C27H32N2O3. The maximum Gasteiger partial charge on any atom is 0.243 e. The molecule has 0 aliphatic heterocycles. The van der Waals surface area contributed by atoms with Crippen LogP contribution in [0.4, 0.5) is 11.4 Å². The highest BCUT2D eigenvalue weighted by molar-refractivity contribution is 5.93. The first-order chi connectivity index (χ1) is 15.7. The van der Waals surface area contributed by atoms with Crippen LogP contribution in [0.1, 0.15) is 39.0 Å². The zero-order chi connectivity index (χ0) is 22.4. The Morgan fingerprint density at radius 2 is 1.34 bits per heavy atom. The zero-order valence-electron chi connectivity index (χ0n) is 18.7. The number of rotatable bonds is 13. The quantitative estimate of drug-likeness (QED) is 0.289. The summed E-state index contributed by atoms with van der Waals surface area (Å²) in [6.45, 7) is 3.14. The molecule has 5 heteroatoms. The Labute approximate surface area is 190 Å². The Kier molecular flexibility index (Phi) is 9.46. The molecular weight excluding hydrogens is 400 g/mol. The lowest BCUT2D eigenvalue weighted by Gasteiger charge is -2.10. The van der Waals surface area contributed by atoms with Crippen molar-refractivity contribution in [1.82, 2.24) is 0 Å². The van der Waals surface area contributed by atoms with E-state index in [1.807, 2.05) is 78.9 Å². The number of para-hydroxylation sites is 1. The number of carbonyl (C=O) groups excluding carboxylic acids is 1. The second-order valence-electron chi connectivity index (χ2n) is 7.63. The zero-order valence-corrected chi connectivity index (χ0v) is 18.7. The first-order valence-corrected chi connectivity index (χ1v) is 11.3. The molecule has 3 aromatic rings. The number of hydrogen-bond acceptors (Lipinski definition) is 4. The van der Waals surface area contributed by atoms with Crippen molar-refractivity contribution in [3.63, 3.8) is 0 Å². The Balaban J connectivity index is 1.36. The summed E-state index contributed by atoms with van der Waals surface area (Å²) >= 11 is 0. The third-order valence-electron chi connectivity index (χ3n) is 4.94. The molecule has 5 nitrogen and oxygen atoms in total. The van der Waals surface area contributed by atoms with Gasteiger partial charge in [0.05, 0.1) is 13.2 Å². The minimum atomic E-state index is -0.117. The van der Waals surface area contributed by atoms with Crippen LogP contribution in [0, 0.1) is 0 Å². The first-order valence-electron chi connectivity index (χ1n) is 11.3. The van der Waals surface area contributed by atoms with Crippen molar-refractivity contribution in [2.75, 3.05) is 23.8 Å². The molecule has 0 aliphatic rings. The lowest BCUT2D eigenvalue weighted by atomic mass is 10.2. The van der Waals surface area contributed by atoms with Crippen LogP contribution in [0.25, 0.3) is 0 Å².